The van der Waals surface area contributed by atoms with Crippen molar-refractivity contribution in [2.24, 2.45) is 0 Å². The Morgan fingerprint density at radius 1 is 1.50 bits per heavy atom. The molecule has 0 unspecified atom stereocenters. The lowest BCUT2D eigenvalue weighted by Crippen LogP contribution is -1.81. The van der Waals surface area contributed by atoms with E-state index < -0.39 is 0 Å². The second-order valence-corrected chi connectivity index (χ2v) is 5.43. The quantitative estimate of drug-likeness (QED) is 0.764. The van der Waals surface area contributed by atoms with Crippen molar-refractivity contribution in [3.8, 4) is 17.2 Å². The number of aromatic nitrogens is 1. The van der Waals surface area contributed by atoms with Crippen LogP contribution in [0.2, 0.25) is 0 Å². The largest absolute Gasteiger partial charge is 0.361 e. The number of hydrogen-bond acceptors (Lipinski definition) is 5. The maximum atomic E-state index is 9.03. The first kappa shape index (κ1) is 11.2. The molecule has 0 fully saturated rings. The molecule has 2 aromatic heterocycles. The topological polar surface area (TPSA) is 49.8 Å². The van der Waals surface area contributed by atoms with E-state index in [-0.39, 0.29) is 0 Å². The van der Waals surface area contributed by atoms with E-state index in [0.717, 1.165) is 31.5 Å². The fourth-order valence-corrected chi connectivity index (χ4v) is 3.49. The number of nitrogens with zero attached hydrogens (tertiary/aromatic N) is 2. The van der Waals surface area contributed by atoms with Gasteiger partial charge in [0.1, 0.15) is 16.7 Å². The molecule has 0 aliphatic carbocycles. The molecule has 0 atom stereocenters. The van der Waals surface area contributed by atoms with E-state index in [1.54, 1.807) is 18.0 Å². The highest BCUT2D eigenvalue weighted by molar-refractivity contribution is 8.00. The summed E-state index contributed by atoms with van der Waals surface area (Å²) in [6, 6.07) is 2.23. The predicted octanol–water partition coefficient (Wildman–Crippen LogP) is 3.61. The molecule has 2 heterocycles. The maximum absolute atomic E-state index is 9.03. The van der Waals surface area contributed by atoms with Gasteiger partial charge >= 0.3 is 0 Å². The van der Waals surface area contributed by atoms with Gasteiger partial charge in [-0.2, -0.15) is 5.26 Å². The Morgan fingerprint density at radius 3 is 2.75 bits per heavy atom. The van der Waals surface area contributed by atoms with Gasteiger partial charge in [-0.1, -0.05) is 5.16 Å². The average molecular weight is 250 g/mol. The van der Waals surface area contributed by atoms with Crippen LogP contribution < -0.4 is 0 Å². The van der Waals surface area contributed by atoms with E-state index in [1.165, 1.54) is 11.3 Å². The molecule has 0 aromatic carbocycles. The molecule has 0 amide bonds. The third-order valence-electron chi connectivity index (χ3n) is 2.42. The van der Waals surface area contributed by atoms with Crippen molar-refractivity contribution in [3.63, 3.8) is 0 Å². The SMILES string of the molecule is CSc1sc(C#N)c(C)c1-c1cnoc1C. The molecule has 3 nitrogen and oxygen atoms in total. The van der Waals surface area contributed by atoms with Crippen molar-refractivity contribution in [1.82, 2.24) is 5.16 Å². The summed E-state index contributed by atoms with van der Waals surface area (Å²) in [5.74, 6) is 0.792. The first-order valence-corrected chi connectivity index (χ1v) is 6.72. The third kappa shape index (κ3) is 1.64. The minimum Gasteiger partial charge on any atom is -0.361 e. The first-order valence-electron chi connectivity index (χ1n) is 4.68. The number of rotatable bonds is 2. The zero-order valence-electron chi connectivity index (χ0n) is 9.20. The molecule has 2 rings (SSSR count). The fourth-order valence-electron chi connectivity index (χ4n) is 1.59. The molecule has 0 saturated carbocycles. The number of nitriles is 1. The van der Waals surface area contributed by atoms with Gasteiger partial charge in [-0.15, -0.1) is 23.1 Å². The Labute approximate surface area is 102 Å². The minimum atomic E-state index is 0.764. The Kier molecular flexibility index (Phi) is 3.03. The van der Waals surface area contributed by atoms with Gasteiger partial charge in [-0.05, 0) is 25.7 Å². The van der Waals surface area contributed by atoms with Crippen molar-refractivity contribution < 1.29 is 4.52 Å². The van der Waals surface area contributed by atoms with E-state index in [9.17, 15) is 0 Å². The summed E-state index contributed by atoms with van der Waals surface area (Å²) >= 11 is 3.18. The molecule has 16 heavy (non-hydrogen) atoms. The lowest BCUT2D eigenvalue weighted by atomic mass is 10.1. The van der Waals surface area contributed by atoms with E-state index in [1.807, 2.05) is 20.1 Å². The van der Waals surface area contributed by atoms with Crippen LogP contribution in [0.1, 0.15) is 16.2 Å². The molecular weight excluding hydrogens is 240 g/mol. The van der Waals surface area contributed by atoms with Crippen molar-refractivity contribution in [2.45, 2.75) is 18.1 Å². The van der Waals surface area contributed by atoms with Crippen molar-refractivity contribution in [3.05, 3.63) is 22.4 Å². The van der Waals surface area contributed by atoms with Gasteiger partial charge in [-0.25, -0.2) is 0 Å². The summed E-state index contributed by atoms with van der Waals surface area (Å²) in [6.45, 7) is 3.85. The predicted molar refractivity (Wildman–Crippen MR) is 65.8 cm³/mol. The summed E-state index contributed by atoms with van der Waals surface area (Å²) in [6.07, 6.45) is 3.73. The van der Waals surface area contributed by atoms with Crippen molar-refractivity contribution >= 4 is 23.1 Å². The van der Waals surface area contributed by atoms with Gasteiger partial charge in [0.2, 0.25) is 0 Å². The molecule has 82 valence electrons. The van der Waals surface area contributed by atoms with Crippen molar-refractivity contribution in [1.29, 1.82) is 5.26 Å². The minimum absolute atomic E-state index is 0.764. The smallest absolute Gasteiger partial charge is 0.141 e. The number of aryl methyl sites for hydroxylation is 1. The molecule has 0 radical (unpaired) electrons. The molecule has 0 aliphatic rings. The Bertz CT molecular complexity index is 563. The first-order chi connectivity index (χ1) is 7.69. The van der Waals surface area contributed by atoms with E-state index in [4.69, 9.17) is 9.78 Å². The number of thiophene rings is 1. The Balaban J connectivity index is 2.69. The lowest BCUT2D eigenvalue weighted by molar-refractivity contribution is 0.398. The zero-order chi connectivity index (χ0) is 11.7. The highest BCUT2D eigenvalue weighted by Gasteiger charge is 2.19. The average Bonchev–Trinajstić information content (AvgIpc) is 2.82. The summed E-state index contributed by atoms with van der Waals surface area (Å²) < 4.78 is 6.22. The van der Waals surface area contributed by atoms with Gasteiger partial charge in [0.25, 0.3) is 0 Å². The second kappa shape index (κ2) is 4.32. The Morgan fingerprint density at radius 2 is 2.25 bits per heavy atom. The van der Waals surface area contributed by atoms with Crippen LogP contribution in [0.25, 0.3) is 11.1 Å². The molecule has 2 aromatic rings. The summed E-state index contributed by atoms with van der Waals surface area (Å²) in [5.41, 5.74) is 3.09. The molecule has 0 N–H and O–H groups in total. The van der Waals surface area contributed by atoms with E-state index in [0.29, 0.717) is 0 Å². The highest BCUT2D eigenvalue weighted by atomic mass is 32.2. The van der Waals surface area contributed by atoms with Gasteiger partial charge in [0.15, 0.2) is 0 Å². The molecule has 0 saturated heterocycles. The summed E-state index contributed by atoms with van der Waals surface area (Å²) in [4.78, 5) is 0.764. The molecule has 0 aliphatic heterocycles. The monoisotopic (exact) mass is 250 g/mol. The second-order valence-electron chi connectivity index (χ2n) is 3.33. The highest BCUT2D eigenvalue weighted by Crippen LogP contribution is 2.42. The van der Waals surface area contributed by atoms with Crippen LogP contribution in [-0.2, 0) is 0 Å². The standard InChI is InChI=1S/C11H10N2OS2/c1-6-9(4-12)16-11(15-3)10(6)8-5-13-14-7(8)2/h5H,1-3H3. The normalized spacial score (nSPS) is 10.4. The Hall–Kier alpha value is -1.25. The molecular formula is C11H10N2OS2. The fraction of sp³-hybridized carbons (Fsp3) is 0.273. The van der Waals surface area contributed by atoms with Crippen LogP contribution in [0.3, 0.4) is 0 Å². The number of hydrogen-bond donors (Lipinski definition) is 0. The zero-order valence-corrected chi connectivity index (χ0v) is 10.8. The lowest BCUT2D eigenvalue weighted by Gasteiger charge is -2.00. The third-order valence-corrected chi connectivity index (χ3v) is 4.74. The van der Waals surface area contributed by atoms with Crippen LogP contribution in [0.4, 0.5) is 0 Å². The molecule has 0 spiro atoms. The van der Waals surface area contributed by atoms with Crippen LogP contribution in [-0.4, -0.2) is 11.4 Å². The van der Waals surface area contributed by atoms with Crippen LogP contribution in [0, 0.1) is 25.2 Å². The van der Waals surface area contributed by atoms with E-state index in [2.05, 4.69) is 11.2 Å². The van der Waals surface area contributed by atoms with Crippen molar-refractivity contribution in [2.75, 3.05) is 6.26 Å². The van der Waals surface area contributed by atoms with E-state index >= 15 is 0 Å². The van der Waals surface area contributed by atoms with Gasteiger partial charge in [0, 0.05) is 11.1 Å². The van der Waals surface area contributed by atoms with Gasteiger partial charge < -0.3 is 4.52 Å². The number of thioether (sulfide) groups is 1. The summed E-state index contributed by atoms with van der Waals surface area (Å²) in [5, 5.41) is 12.8. The summed E-state index contributed by atoms with van der Waals surface area (Å²) in [7, 11) is 0. The molecule has 0 bridgehead atoms. The van der Waals surface area contributed by atoms with Gasteiger partial charge in [-0.3, -0.25) is 0 Å². The van der Waals surface area contributed by atoms with Crippen LogP contribution in [0.5, 0.6) is 0 Å². The van der Waals surface area contributed by atoms with Gasteiger partial charge in [0.05, 0.1) is 10.4 Å². The van der Waals surface area contributed by atoms with Crippen LogP contribution in [0.15, 0.2) is 14.9 Å². The molecule has 5 heteroatoms. The van der Waals surface area contributed by atoms with Crippen LogP contribution >= 0.6 is 23.1 Å². The maximum Gasteiger partial charge on any atom is 0.141 e.